The summed E-state index contributed by atoms with van der Waals surface area (Å²) in [6, 6.07) is 5.55. The molecule has 1 unspecified atom stereocenters. The first-order valence-corrected chi connectivity index (χ1v) is 5.66. The number of hydrogen-bond acceptors (Lipinski definition) is 1. The van der Waals surface area contributed by atoms with Gasteiger partial charge in [-0.3, -0.25) is 0 Å². The fraction of sp³-hybridized carbons (Fsp3) is 0.385. The van der Waals surface area contributed by atoms with Crippen molar-refractivity contribution >= 4 is 0 Å². The number of rotatable bonds is 2. The largest absolute Gasteiger partial charge is 0.497 e. The number of allylic oxidation sites excluding steroid dienone is 2. The monoisotopic (exact) mass is 296 g/mol. The summed E-state index contributed by atoms with van der Waals surface area (Å²) in [5.74, 6) is -7.29. The van der Waals surface area contributed by atoms with Crippen LogP contribution in [-0.4, -0.2) is 19.2 Å². The van der Waals surface area contributed by atoms with E-state index in [1.54, 1.807) is 0 Å². The second kappa shape index (κ2) is 4.71. The van der Waals surface area contributed by atoms with Crippen LogP contribution in [0.4, 0.5) is 26.3 Å². The van der Waals surface area contributed by atoms with Gasteiger partial charge in [-0.1, -0.05) is 12.1 Å². The summed E-state index contributed by atoms with van der Waals surface area (Å²) in [5, 5.41) is 0. The molecule has 0 radical (unpaired) electrons. The van der Waals surface area contributed by atoms with Crippen molar-refractivity contribution in [2.45, 2.75) is 24.4 Å². The van der Waals surface area contributed by atoms with E-state index >= 15 is 0 Å². The van der Waals surface area contributed by atoms with Gasteiger partial charge >= 0.3 is 6.18 Å². The van der Waals surface area contributed by atoms with Crippen molar-refractivity contribution in [2.75, 3.05) is 7.11 Å². The predicted molar refractivity (Wildman–Crippen MR) is 59.5 cm³/mol. The number of benzene rings is 1. The summed E-state index contributed by atoms with van der Waals surface area (Å²) in [6.07, 6.45) is -6.23. The molecule has 1 aromatic carbocycles. The van der Waals surface area contributed by atoms with Gasteiger partial charge in [0, 0.05) is 17.9 Å². The Labute approximate surface area is 110 Å². The van der Waals surface area contributed by atoms with E-state index in [0.717, 1.165) is 0 Å². The molecule has 110 valence electrons. The van der Waals surface area contributed by atoms with Crippen molar-refractivity contribution in [3.05, 3.63) is 41.2 Å². The van der Waals surface area contributed by atoms with Crippen molar-refractivity contribution in [1.82, 2.24) is 0 Å². The standard InChI is InChI=1S/C13H10F6O/c1-20-8-4-2-7(3-5-8)9-6-12(15,16)10(9)11(14)13(17,18)19/h2-5,9H,6H2,1H3/b11-10+. The molecule has 0 spiro atoms. The van der Waals surface area contributed by atoms with Gasteiger partial charge in [-0.05, 0) is 17.7 Å². The van der Waals surface area contributed by atoms with E-state index in [-0.39, 0.29) is 5.56 Å². The zero-order chi connectivity index (χ0) is 15.1. The van der Waals surface area contributed by atoms with E-state index in [2.05, 4.69) is 0 Å². The first-order valence-electron chi connectivity index (χ1n) is 5.66. The quantitative estimate of drug-likeness (QED) is 0.724. The fourth-order valence-corrected chi connectivity index (χ4v) is 2.18. The number of ether oxygens (including phenoxy) is 1. The van der Waals surface area contributed by atoms with Crippen molar-refractivity contribution < 1.29 is 31.1 Å². The lowest BCUT2D eigenvalue weighted by atomic mass is 9.71. The molecule has 0 bridgehead atoms. The lowest BCUT2D eigenvalue weighted by Crippen LogP contribution is -2.40. The van der Waals surface area contributed by atoms with Crippen LogP contribution in [0, 0.1) is 0 Å². The Kier molecular flexibility index (Phi) is 3.47. The van der Waals surface area contributed by atoms with Crippen LogP contribution in [-0.2, 0) is 0 Å². The van der Waals surface area contributed by atoms with Gasteiger partial charge in [-0.25, -0.2) is 13.2 Å². The van der Waals surface area contributed by atoms with Gasteiger partial charge < -0.3 is 4.74 Å². The fourth-order valence-electron chi connectivity index (χ4n) is 2.18. The van der Waals surface area contributed by atoms with Crippen LogP contribution in [0.3, 0.4) is 0 Å². The van der Waals surface area contributed by atoms with Gasteiger partial charge in [0.25, 0.3) is 5.92 Å². The van der Waals surface area contributed by atoms with E-state index in [1.165, 1.54) is 31.4 Å². The Morgan fingerprint density at radius 3 is 2.15 bits per heavy atom. The smallest absolute Gasteiger partial charge is 0.443 e. The molecule has 2 rings (SSSR count). The van der Waals surface area contributed by atoms with Crippen molar-refractivity contribution in [1.29, 1.82) is 0 Å². The number of hydrogen-bond donors (Lipinski definition) is 0. The first-order chi connectivity index (χ1) is 9.16. The maximum Gasteiger partial charge on any atom is 0.443 e. The van der Waals surface area contributed by atoms with E-state index in [1.807, 2.05) is 0 Å². The minimum atomic E-state index is -5.40. The SMILES string of the molecule is COc1ccc(C2CC(F)(F)/C2=C(/F)C(F)(F)F)cc1. The van der Waals surface area contributed by atoms with E-state index in [4.69, 9.17) is 4.74 Å². The third-order valence-electron chi connectivity index (χ3n) is 3.21. The summed E-state index contributed by atoms with van der Waals surface area (Å²) >= 11 is 0. The Morgan fingerprint density at radius 2 is 1.75 bits per heavy atom. The number of methoxy groups -OCH3 is 1. The molecule has 1 aromatic rings. The molecule has 0 saturated heterocycles. The highest BCUT2D eigenvalue weighted by Gasteiger charge is 2.57. The summed E-state index contributed by atoms with van der Waals surface area (Å²) in [6.45, 7) is 0. The van der Waals surface area contributed by atoms with E-state index < -0.39 is 35.8 Å². The van der Waals surface area contributed by atoms with Gasteiger partial charge in [0.1, 0.15) is 5.75 Å². The molecule has 1 atom stereocenters. The Balaban J connectivity index is 2.38. The van der Waals surface area contributed by atoms with Crippen molar-refractivity contribution in [3.8, 4) is 5.75 Å². The third-order valence-corrected chi connectivity index (χ3v) is 3.21. The molecule has 0 N–H and O–H groups in total. The molecule has 0 aromatic heterocycles. The molecule has 20 heavy (non-hydrogen) atoms. The summed E-state index contributed by atoms with van der Waals surface area (Å²) in [7, 11) is 1.39. The molecular weight excluding hydrogens is 286 g/mol. The molecule has 1 aliphatic carbocycles. The Bertz CT molecular complexity index is 529. The van der Waals surface area contributed by atoms with Gasteiger partial charge in [0.2, 0.25) is 5.83 Å². The molecule has 7 heteroatoms. The third kappa shape index (κ3) is 2.48. The highest BCUT2D eigenvalue weighted by atomic mass is 19.4. The van der Waals surface area contributed by atoms with Gasteiger partial charge in [-0.2, -0.15) is 13.2 Å². The maximum absolute atomic E-state index is 13.2. The molecule has 0 heterocycles. The maximum atomic E-state index is 13.2. The van der Waals surface area contributed by atoms with Crippen LogP contribution in [0.15, 0.2) is 35.7 Å². The number of alkyl halides is 5. The minimum Gasteiger partial charge on any atom is -0.497 e. The Hall–Kier alpha value is -1.66. The summed E-state index contributed by atoms with van der Waals surface area (Å²) in [5.41, 5.74) is -1.29. The lowest BCUT2D eigenvalue weighted by molar-refractivity contribution is -0.120. The molecule has 1 aliphatic rings. The van der Waals surface area contributed by atoms with Crippen LogP contribution in [0.5, 0.6) is 5.75 Å². The zero-order valence-corrected chi connectivity index (χ0v) is 10.3. The number of halogens is 6. The zero-order valence-electron chi connectivity index (χ0n) is 10.3. The van der Waals surface area contributed by atoms with Crippen molar-refractivity contribution in [2.24, 2.45) is 0 Å². The average molecular weight is 296 g/mol. The highest BCUT2D eigenvalue weighted by molar-refractivity contribution is 5.44. The molecule has 1 saturated carbocycles. The highest BCUT2D eigenvalue weighted by Crippen LogP contribution is 2.56. The second-order valence-electron chi connectivity index (χ2n) is 4.46. The molecule has 1 nitrogen and oxygen atoms in total. The normalized spacial score (nSPS) is 24.1. The van der Waals surface area contributed by atoms with Crippen LogP contribution in [0.1, 0.15) is 17.9 Å². The van der Waals surface area contributed by atoms with Gasteiger partial charge in [-0.15, -0.1) is 0 Å². The van der Waals surface area contributed by atoms with E-state index in [0.29, 0.717) is 5.75 Å². The van der Waals surface area contributed by atoms with Crippen LogP contribution >= 0.6 is 0 Å². The second-order valence-corrected chi connectivity index (χ2v) is 4.46. The topological polar surface area (TPSA) is 9.23 Å². The Morgan fingerprint density at radius 1 is 1.20 bits per heavy atom. The summed E-state index contributed by atoms with van der Waals surface area (Å²) < 4.78 is 81.4. The van der Waals surface area contributed by atoms with Crippen LogP contribution in [0.25, 0.3) is 0 Å². The van der Waals surface area contributed by atoms with Crippen LogP contribution < -0.4 is 4.74 Å². The predicted octanol–water partition coefficient (Wildman–Crippen LogP) is 4.60. The average Bonchev–Trinajstić information content (AvgIpc) is 2.35. The van der Waals surface area contributed by atoms with Crippen molar-refractivity contribution in [3.63, 3.8) is 0 Å². The van der Waals surface area contributed by atoms with Crippen LogP contribution in [0.2, 0.25) is 0 Å². The summed E-state index contributed by atoms with van der Waals surface area (Å²) in [4.78, 5) is 0. The molecular formula is C13H10F6O. The molecule has 1 fully saturated rings. The molecule has 0 amide bonds. The minimum absolute atomic E-state index is 0.200. The van der Waals surface area contributed by atoms with E-state index in [9.17, 15) is 26.3 Å². The van der Waals surface area contributed by atoms with Gasteiger partial charge in [0.05, 0.1) is 7.11 Å². The first kappa shape index (κ1) is 14.7. The lowest BCUT2D eigenvalue weighted by Gasteiger charge is -2.39. The molecule has 0 aliphatic heterocycles. The van der Waals surface area contributed by atoms with Gasteiger partial charge in [0.15, 0.2) is 0 Å².